The van der Waals surface area contributed by atoms with Gasteiger partial charge in [0.2, 0.25) is 15.9 Å². The Labute approximate surface area is 163 Å². The fraction of sp³-hybridized carbons (Fsp3) is 0.350. The lowest BCUT2D eigenvalue weighted by Crippen LogP contribution is -2.41. The Balaban J connectivity index is 1.66. The van der Waals surface area contributed by atoms with Crippen LogP contribution in [0.1, 0.15) is 24.0 Å². The number of sulfonamides is 1. The second kappa shape index (κ2) is 7.97. The number of carbonyl (C=O) groups excluding carboxylic acids is 1. The molecule has 0 aliphatic carbocycles. The Bertz CT molecular complexity index is 1000. The van der Waals surface area contributed by atoms with Gasteiger partial charge in [-0.25, -0.2) is 17.2 Å². The third-order valence-electron chi connectivity index (χ3n) is 4.96. The maximum absolute atomic E-state index is 13.7. The Morgan fingerprint density at radius 1 is 1.07 bits per heavy atom. The smallest absolute Gasteiger partial charge is 0.243 e. The molecular weight excluding hydrogens is 386 g/mol. The van der Waals surface area contributed by atoms with Crippen molar-refractivity contribution in [2.24, 2.45) is 5.92 Å². The molecule has 0 aromatic heterocycles. The lowest BCUT2D eigenvalue weighted by molar-refractivity contribution is -0.120. The summed E-state index contributed by atoms with van der Waals surface area (Å²) in [5, 5.41) is 2.40. The van der Waals surface area contributed by atoms with E-state index in [0.717, 1.165) is 23.8 Å². The lowest BCUT2D eigenvalue weighted by atomic mass is 9.97. The van der Waals surface area contributed by atoms with E-state index in [0.29, 0.717) is 18.4 Å². The average Bonchev–Trinajstić information content (AvgIpc) is 2.64. The zero-order chi connectivity index (χ0) is 20.5. The zero-order valence-corrected chi connectivity index (χ0v) is 16.5. The molecule has 3 rings (SSSR count). The Kier molecular flexibility index (Phi) is 5.81. The number of carbonyl (C=O) groups is 1. The van der Waals surface area contributed by atoms with Crippen molar-refractivity contribution in [2.75, 3.05) is 18.4 Å². The SMILES string of the molecule is Cc1ccc(S(=O)(=O)N2CCC(C(=O)Nc3cc(F)ccc3F)CC2)c(C)c1. The number of halogens is 2. The van der Waals surface area contributed by atoms with Crippen LogP contribution < -0.4 is 5.32 Å². The molecular formula is C20H22F2N2O3S. The maximum atomic E-state index is 13.7. The molecule has 1 fully saturated rings. The van der Waals surface area contributed by atoms with Gasteiger partial charge in [0.05, 0.1) is 10.6 Å². The van der Waals surface area contributed by atoms with Gasteiger partial charge in [0, 0.05) is 25.1 Å². The van der Waals surface area contributed by atoms with Gasteiger partial charge < -0.3 is 5.32 Å². The van der Waals surface area contributed by atoms with Crippen molar-refractivity contribution in [1.82, 2.24) is 4.31 Å². The summed E-state index contributed by atoms with van der Waals surface area (Å²) in [6, 6.07) is 8.03. The fourth-order valence-corrected chi connectivity index (χ4v) is 5.09. The van der Waals surface area contributed by atoms with E-state index < -0.39 is 33.5 Å². The fourth-order valence-electron chi connectivity index (χ4n) is 3.41. The quantitative estimate of drug-likeness (QED) is 0.840. The number of hydrogen-bond donors (Lipinski definition) is 1. The molecule has 0 bridgehead atoms. The molecule has 0 saturated carbocycles. The highest BCUT2D eigenvalue weighted by Crippen LogP contribution is 2.27. The number of hydrogen-bond acceptors (Lipinski definition) is 3. The summed E-state index contributed by atoms with van der Waals surface area (Å²) in [5.41, 5.74) is 1.45. The first-order chi connectivity index (χ1) is 13.2. The van der Waals surface area contributed by atoms with Crippen LogP contribution in [0.15, 0.2) is 41.3 Å². The van der Waals surface area contributed by atoms with Crippen LogP contribution in [0.4, 0.5) is 14.5 Å². The Morgan fingerprint density at radius 3 is 2.39 bits per heavy atom. The van der Waals surface area contributed by atoms with E-state index in [1.165, 1.54) is 4.31 Å². The standard InChI is InChI=1S/C20H22F2N2O3S/c1-13-3-6-19(14(2)11-13)28(26,27)24-9-7-15(8-10-24)20(25)23-18-12-16(21)4-5-17(18)22/h3-6,11-12,15H,7-10H2,1-2H3,(H,23,25). The van der Waals surface area contributed by atoms with Crippen molar-refractivity contribution in [3.63, 3.8) is 0 Å². The molecule has 150 valence electrons. The van der Waals surface area contributed by atoms with Gasteiger partial charge in [-0.1, -0.05) is 17.7 Å². The van der Waals surface area contributed by atoms with E-state index >= 15 is 0 Å². The van der Waals surface area contributed by atoms with Crippen LogP contribution in [0.3, 0.4) is 0 Å². The molecule has 5 nitrogen and oxygen atoms in total. The zero-order valence-electron chi connectivity index (χ0n) is 15.7. The van der Waals surface area contributed by atoms with E-state index in [-0.39, 0.29) is 23.7 Å². The summed E-state index contributed by atoms with van der Waals surface area (Å²) < 4.78 is 54.1. The molecule has 2 aromatic rings. The molecule has 8 heteroatoms. The summed E-state index contributed by atoms with van der Waals surface area (Å²) in [7, 11) is -3.64. The average molecular weight is 408 g/mol. The predicted octanol–water partition coefficient (Wildman–Crippen LogP) is 3.62. The molecule has 28 heavy (non-hydrogen) atoms. The summed E-state index contributed by atoms with van der Waals surface area (Å²) in [4.78, 5) is 12.6. The van der Waals surface area contributed by atoms with Crippen molar-refractivity contribution >= 4 is 21.6 Å². The second-order valence-corrected chi connectivity index (χ2v) is 8.97. The Hall–Kier alpha value is -2.32. The number of nitrogens with one attached hydrogen (secondary N) is 1. The van der Waals surface area contributed by atoms with Gasteiger partial charge in [0.1, 0.15) is 11.6 Å². The third kappa shape index (κ3) is 4.23. The van der Waals surface area contributed by atoms with Crippen molar-refractivity contribution in [2.45, 2.75) is 31.6 Å². The van der Waals surface area contributed by atoms with E-state index in [1.54, 1.807) is 19.1 Å². The predicted molar refractivity (Wildman–Crippen MR) is 102 cm³/mol. The molecule has 0 unspecified atom stereocenters. The number of benzene rings is 2. The number of piperidine rings is 1. The van der Waals surface area contributed by atoms with Crippen LogP contribution in [0.2, 0.25) is 0 Å². The van der Waals surface area contributed by atoms with Crippen LogP contribution in [0, 0.1) is 31.4 Å². The van der Waals surface area contributed by atoms with Crippen molar-refractivity contribution in [3.8, 4) is 0 Å². The van der Waals surface area contributed by atoms with Gasteiger partial charge in [0.15, 0.2) is 0 Å². The molecule has 1 amide bonds. The van der Waals surface area contributed by atoms with Crippen LogP contribution in [-0.2, 0) is 14.8 Å². The molecule has 1 heterocycles. The summed E-state index contributed by atoms with van der Waals surface area (Å²) in [6.07, 6.45) is 0.625. The van der Waals surface area contributed by atoms with Gasteiger partial charge in [-0.3, -0.25) is 4.79 Å². The van der Waals surface area contributed by atoms with Crippen LogP contribution in [0.25, 0.3) is 0 Å². The summed E-state index contributed by atoms with van der Waals surface area (Å²) in [6.45, 7) is 4.04. The molecule has 0 spiro atoms. The van der Waals surface area contributed by atoms with Gasteiger partial charge in [-0.2, -0.15) is 4.31 Å². The number of nitrogens with zero attached hydrogens (tertiary/aromatic N) is 1. The minimum atomic E-state index is -3.64. The number of amides is 1. The van der Waals surface area contributed by atoms with Crippen LogP contribution in [-0.4, -0.2) is 31.7 Å². The molecule has 1 saturated heterocycles. The van der Waals surface area contributed by atoms with Gasteiger partial charge >= 0.3 is 0 Å². The largest absolute Gasteiger partial charge is 0.323 e. The van der Waals surface area contributed by atoms with Crippen LogP contribution in [0.5, 0.6) is 0 Å². The molecule has 1 aliphatic heterocycles. The molecule has 2 aromatic carbocycles. The Morgan fingerprint density at radius 2 is 1.75 bits per heavy atom. The van der Waals surface area contributed by atoms with Gasteiger partial charge in [0.25, 0.3) is 0 Å². The first kappa shape index (κ1) is 20.4. The van der Waals surface area contributed by atoms with E-state index in [1.807, 2.05) is 13.0 Å². The lowest BCUT2D eigenvalue weighted by Gasteiger charge is -2.31. The topological polar surface area (TPSA) is 66.5 Å². The second-order valence-electron chi connectivity index (χ2n) is 7.06. The maximum Gasteiger partial charge on any atom is 0.243 e. The molecule has 1 N–H and O–H groups in total. The first-order valence-electron chi connectivity index (χ1n) is 9.02. The third-order valence-corrected chi connectivity index (χ3v) is 7.02. The van der Waals surface area contributed by atoms with Gasteiger partial charge in [-0.15, -0.1) is 0 Å². The molecule has 1 aliphatic rings. The van der Waals surface area contributed by atoms with Crippen molar-refractivity contribution < 1.29 is 22.0 Å². The minimum Gasteiger partial charge on any atom is -0.323 e. The van der Waals surface area contributed by atoms with Gasteiger partial charge in [-0.05, 0) is 50.5 Å². The number of rotatable bonds is 4. The highest BCUT2D eigenvalue weighted by atomic mass is 32.2. The highest BCUT2D eigenvalue weighted by molar-refractivity contribution is 7.89. The van der Waals surface area contributed by atoms with E-state index in [2.05, 4.69) is 5.32 Å². The normalized spacial score (nSPS) is 16.1. The van der Waals surface area contributed by atoms with Crippen molar-refractivity contribution in [3.05, 3.63) is 59.2 Å². The first-order valence-corrected chi connectivity index (χ1v) is 10.5. The number of aryl methyl sites for hydroxylation is 2. The van der Waals surface area contributed by atoms with Crippen LogP contribution >= 0.6 is 0 Å². The minimum absolute atomic E-state index is 0.194. The summed E-state index contributed by atoms with van der Waals surface area (Å²) >= 11 is 0. The molecule has 0 atom stereocenters. The van der Waals surface area contributed by atoms with E-state index in [9.17, 15) is 22.0 Å². The van der Waals surface area contributed by atoms with Crippen molar-refractivity contribution in [1.29, 1.82) is 0 Å². The highest BCUT2D eigenvalue weighted by Gasteiger charge is 2.33. The van der Waals surface area contributed by atoms with E-state index in [4.69, 9.17) is 0 Å². The molecule has 0 radical (unpaired) electrons. The summed E-state index contributed by atoms with van der Waals surface area (Å²) in [5.74, 6) is -2.27. The number of anilines is 1. The monoisotopic (exact) mass is 408 g/mol.